The molecule has 2 N–H and O–H groups in total. The number of nitrogens with zero attached hydrogens (tertiary/aromatic N) is 1. The van der Waals surface area contributed by atoms with Crippen molar-refractivity contribution in [2.75, 3.05) is 5.32 Å². The van der Waals surface area contributed by atoms with Crippen molar-refractivity contribution < 1.29 is 14.7 Å². The number of rotatable bonds is 5. The van der Waals surface area contributed by atoms with Crippen LogP contribution in [0.15, 0.2) is 60.8 Å². The van der Waals surface area contributed by atoms with E-state index >= 15 is 0 Å². The minimum Gasteiger partial charge on any atom is -0.478 e. The zero-order chi connectivity index (χ0) is 16.2. The molecule has 3 aromatic rings. The highest BCUT2D eigenvalue weighted by atomic mass is 16.4. The summed E-state index contributed by atoms with van der Waals surface area (Å²) in [7, 11) is 0. The van der Waals surface area contributed by atoms with Crippen molar-refractivity contribution in [3.05, 3.63) is 66.4 Å². The van der Waals surface area contributed by atoms with Crippen molar-refractivity contribution in [3.8, 4) is 0 Å². The molecular weight excluding hydrogens is 292 g/mol. The number of aryl methyl sites for hydroxylation is 1. The lowest BCUT2D eigenvalue weighted by molar-refractivity contribution is -0.116. The molecule has 23 heavy (non-hydrogen) atoms. The standard InChI is InChI=1S/C18H16N2O3/c21-17(19-15-6-3-5-14(12-15)18(22)23)9-11-20-10-8-13-4-1-2-7-16(13)20/h1-8,10,12H,9,11H2,(H,19,21)(H,22,23). The maximum absolute atomic E-state index is 12.1. The first kappa shape index (κ1) is 14.8. The molecule has 5 nitrogen and oxygen atoms in total. The predicted molar refractivity (Wildman–Crippen MR) is 88.6 cm³/mol. The van der Waals surface area contributed by atoms with Gasteiger partial charge in [0.1, 0.15) is 0 Å². The Morgan fingerprint density at radius 2 is 1.87 bits per heavy atom. The number of amides is 1. The van der Waals surface area contributed by atoms with Gasteiger partial charge in [0, 0.05) is 30.4 Å². The average molecular weight is 308 g/mol. The molecule has 0 aliphatic heterocycles. The van der Waals surface area contributed by atoms with Gasteiger partial charge in [-0.15, -0.1) is 0 Å². The summed E-state index contributed by atoms with van der Waals surface area (Å²) in [6, 6.07) is 16.2. The molecule has 1 amide bonds. The fourth-order valence-corrected chi connectivity index (χ4v) is 2.51. The summed E-state index contributed by atoms with van der Waals surface area (Å²) in [5, 5.41) is 12.8. The highest BCUT2D eigenvalue weighted by molar-refractivity contribution is 5.94. The zero-order valence-corrected chi connectivity index (χ0v) is 12.4. The monoisotopic (exact) mass is 308 g/mol. The Bertz CT molecular complexity index is 867. The topological polar surface area (TPSA) is 71.3 Å². The van der Waals surface area contributed by atoms with Gasteiger partial charge in [0.05, 0.1) is 5.56 Å². The number of aromatic carboxylic acids is 1. The second kappa shape index (κ2) is 6.36. The van der Waals surface area contributed by atoms with Crippen LogP contribution in [0.1, 0.15) is 16.8 Å². The zero-order valence-electron chi connectivity index (χ0n) is 12.4. The molecule has 0 unspecified atom stereocenters. The molecule has 0 saturated heterocycles. The van der Waals surface area contributed by atoms with Crippen LogP contribution < -0.4 is 5.32 Å². The third-order valence-corrected chi connectivity index (χ3v) is 3.65. The summed E-state index contributed by atoms with van der Waals surface area (Å²) < 4.78 is 2.03. The Morgan fingerprint density at radius 1 is 1.04 bits per heavy atom. The van der Waals surface area contributed by atoms with E-state index in [1.165, 1.54) is 12.1 Å². The number of nitrogens with one attached hydrogen (secondary N) is 1. The second-order valence-corrected chi connectivity index (χ2v) is 5.25. The minimum atomic E-state index is -1.01. The molecule has 0 fully saturated rings. The van der Waals surface area contributed by atoms with Crippen molar-refractivity contribution in [2.24, 2.45) is 0 Å². The lowest BCUT2D eigenvalue weighted by atomic mass is 10.2. The number of benzene rings is 2. The number of carbonyl (C=O) groups excluding carboxylic acids is 1. The van der Waals surface area contributed by atoms with Crippen molar-refractivity contribution in [2.45, 2.75) is 13.0 Å². The summed E-state index contributed by atoms with van der Waals surface area (Å²) in [6.45, 7) is 0.567. The van der Waals surface area contributed by atoms with Crippen LogP contribution in [0.4, 0.5) is 5.69 Å². The molecule has 1 heterocycles. The van der Waals surface area contributed by atoms with Gasteiger partial charge < -0.3 is 15.0 Å². The number of carboxylic acids is 1. The van der Waals surface area contributed by atoms with Gasteiger partial charge in [-0.05, 0) is 35.7 Å². The van der Waals surface area contributed by atoms with E-state index in [1.54, 1.807) is 12.1 Å². The van der Waals surface area contributed by atoms with Crippen LogP contribution in [0.2, 0.25) is 0 Å². The molecule has 0 aliphatic carbocycles. The molecule has 2 aromatic carbocycles. The second-order valence-electron chi connectivity index (χ2n) is 5.25. The largest absolute Gasteiger partial charge is 0.478 e. The number of carbonyl (C=O) groups is 2. The van der Waals surface area contributed by atoms with E-state index in [2.05, 4.69) is 5.32 Å². The van der Waals surface area contributed by atoms with Crippen LogP contribution >= 0.6 is 0 Å². The van der Waals surface area contributed by atoms with Crippen molar-refractivity contribution in [1.82, 2.24) is 4.57 Å². The van der Waals surface area contributed by atoms with Crippen molar-refractivity contribution >= 4 is 28.5 Å². The van der Waals surface area contributed by atoms with Gasteiger partial charge in [-0.1, -0.05) is 24.3 Å². The van der Waals surface area contributed by atoms with E-state index in [0.29, 0.717) is 18.7 Å². The smallest absolute Gasteiger partial charge is 0.335 e. The van der Waals surface area contributed by atoms with E-state index in [4.69, 9.17) is 5.11 Å². The molecule has 0 bridgehead atoms. The Hall–Kier alpha value is -3.08. The number of carboxylic acid groups (broad SMARTS) is 1. The molecule has 116 valence electrons. The number of anilines is 1. The van der Waals surface area contributed by atoms with Crippen molar-refractivity contribution in [1.29, 1.82) is 0 Å². The Labute approximate surface area is 133 Å². The number of fused-ring (bicyclic) bond motifs is 1. The lowest BCUT2D eigenvalue weighted by Crippen LogP contribution is -2.14. The van der Waals surface area contributed by atoms with Gasteiger partial charge in [0.15, 0.2) is 0 Å². The van der Waals surface area contributed by atoms with Crippen LogP contribution in [-0.2, 0) is 11.3 Å². The summed E-state index contributed by atoms with van der Waals surface area (Å²) in [4.78, 5) is 23.0. The molecule has 3 rings (SSSR count). The summed E-state index contributed by atoms with van der Waals surface area (Å²) in [6.07, 6.45) is 2.28. The van der Waals surface area contributed by atoms with E-state index in [0.717, 1.165) is 10.9 Å². The van der Waals surface area contributed by atoms with Gasteiger partial charge >= 0.3 is 5.97 Å². The predicted octanol–water partition coefficient (Wildman–Crippen LogP) is 3.37. The maximum Gasteiger partial charge on any atom is 0.335 e. The molecule has 5 heteroatoms. The van der Waals surface area contributed by atoms with Crippen LogP contribution in [0.5, 0.6) is 0 Å². The van der Waals surface area contributed by atoms with Crippen LogP contribution in [0.3, 0.4) is 0 Å². The van der Waals surface area contributed by atoms with E-state index in [9.17, 15) is 9.59 Å². The van der Waals surface area contributed by atoms with Gasteiger partial charge in [0.2, 0.25) is 5.91 Å². The van der Waals surface area contributed by atoms with Gasteiger partial charge in [-0.3, -0.25) is 4.79 Å². The van der Waals surface area contributed by atoms with Crippen LogP contribution in [0, 0.1) is 0 Å². The highest BCUT2D eigenvalue weighted by Gasteiger charge is 2.07. The van der Waals surface area contributed by atoms with E-state index in [1.807, 2.05) is 41.1 Å². The number of aromatic nitrogens is 1. The third kappa shape index (κ3) is 3.40. The first-order chi connectivity index (χ1) is 11.1. The molecule has 1 aromatic heterocycles. The van der Waals surface area contributed by atoms with E-state index < -0.39 is 5.97 Å². The summed E-state index contributed by atoms with van der Waals surface area (Å²) >= 11 is 0. The fraction of sp³-hybridized carbons (Fsp3) is 0.111. The Morgan fingerprint density at radius 3 is 2.70 bits per heavy atom. The molecule has 0 atom stereocenters. The quantitative estimate of drug-likeness (QED) is 0.759. The molecule has 0 spiro atoms. The lowest BCUT2D eigenvalue weighted by Gasteiger charge is -2.08. The number of para-hydroxylation sites is 1. The van der Waals surface area contributed by atoms with Crippen LogP contribution in [0.25, 0.3) is 10.9 Å². The maximum atomic E-state index is 12.1. The fourth-order valence-electron chi connectivity index (χ4n) is 2.51. The summed E-state index contributed by atoms with van der Waals surface area (Å²) in [5.74, 6) is -1.16. The minimum absolute atomic E-state index is 0.148. The first-order valence-electron chi connectivity index (χ1n) is 7.30. The Kier molecular flexibility index (Phi) is 4.10. The average Bonchev–Trinajstić information content (AvgIpc) is 2.96. The van der Waals surface area contributed by atoms with E-state index in [-0.39, 0.29) is 11.5 Å². The number of hydrogen-bond donors (Lipinski definition) is 2. The first-order valence-corrected chi connectivity index (χ1v) is 7.30. The third-order valence-electron chi connectivity index (χ3n) is 3.65. The molecular formula is C18H16N2O3. The highest BCUT2D eigenvalue weighted by Crippen LogP contribution is 2.16. The molecule has 0 radical (unpaired) electrons. The van der Waals surface area contributed by atoms with Crippen LogP contribution in [-0.4, -0.2) is 21.6 Å². The number of hydrogen-bond acceptors (Lipinski definition) is 2. The SMILES string of the molecule is O=C(CCn1ccc2ccccc21)Nc1cccc(C(=O)O)c1. The Balaban J connectivity index is 1.64. The van der Waals surface area contributed by atoms with Gasteiger partial charge in [-0.25, -0.2) is 4.79 Å². The van der Waals surface area contributed by atoms with Crippen molar-refractivity contribution in [3.63, 3.8) is 0 Å². The molecule has 0 saturated carbocycles. The normalized spacial score (nSPS) is 10.6. The van der Waals surface area contributed by atoms with Gasteiger partial charge in [-0.2, -0.15) is 0 Å². The molecule has 0 aliphatic rings. The van der Waals surface area contributed by atoms with Gasteiger partial charge in [0.25, 0.3) is 0 Å². The summed E-state index contributed by atoms with van der Waals surface area (Å²) in [5.41, 5.74) is 1.74.